The van der Waals surface area contributed by atoms with Gasteiger partial charge in [-0.15, -0.1) is 0 Å². The smallest absolute Gasteiger partial charge is 0.408 e. The van der Waals surface area contributed by atoms with E-state index in [1.807, 2.05) is 56.4 Å². The lowest BCUT2D eigenvalue weighted by Crippen LogP contribution is -2.57. The molecule has 3 heterocycles. The molecular weight excluding hydrogens is 534 g/mol. The summed E-state index contributed by atoms with van der Waals surface area (Å²) in [5.41, 5.74) is 1.16. The van der Waals surface area contributed by atoms with Crippen LogP contribution < -0.4 is 10.6 Å². The van der Waals surface area contributed by atoms with Gasteiger partial charge in [-0.05, 0) is 54.2 Å². The van der Waals surface area contributed by atoms with Crippen LogP contribution in [-0.2, 0) is 32.1 Å². The number of aromatic nitrogens is 3. The molecule has 42 heavy (non-hydrogen) atoms. The Labute approximate surface area is 246 Å². The summed E-state index contributed by atoms with van der Waals surface area (Å²) in [4.78, 5) is 43.9. The van der Waals surface area contributed by atoms with E-state index in [2.05, 4.69) is 17.6 Å². The van der Waals surface area contributed by atoms with E-state index in [1.54, 1.807) is 10.6 Å². The van der Waals surface area contributed by atoms with E-state index in [-0.39, 0.29) is 36.3 Å². The minimum absolute atomic E-state index is 0.104. The summed E-state index contributed by atoms with van der Waals surface area (Å²) < 4.78 is 12.3. The molecule has 3 aromatic rings. The van der Waals surface area contributed by atoms with Gasteiger partial charge in [0.15, 0.2) is 11.1 Å². The second-order valence-corrected chi connectivity index (χ2v) is 12.8. The van der Waals surface area contributed by atoms with Crippen molar-refractivity contribution in [3.63, 3.8) is 0 Å². The number of amides is 2. The fraction of sp³-hybridized carbons (Fsp3) is 0.531. The zero-order valence-electron chi connectivity index (χ0n) is 24.9. The topological polar surface area (TPSA) is 124 Å². The van der Waals surface area contributed by atoms with Crippen molar-refractivity contribution in [2.75, 3.05) is 13.7 Å². The highest BCUT2D eigenvalue weighted by molar-refractivity contribution is 6.03. The minimum atomic E-state index is -1.37. The van der Waals surface area contributed by atoms with Gasteiger partial charge in [-0.1, -0.05) is 63.9 Å². The van der Waals surface area contributed by atoms with Crippen LogP contribution in [0.3, 0.4) is 0 Å². The summed E-state index contributed by atoms with van der Waals surface area (Å²) in [6, 6.07) is 12.9. The number of hydrogen-bond acceptors (Lipinski definition) is 7. The van der Waals surface area contributed by atoms with Gasteiger partial charge in [0.05, 0.1) is 30.7 Å². The maximum absolute atomic E-state index is 13.1. The first kappa shape index (κ1) is 29.5. The second-order valence-electron chi connectivity index (χ2n) is 12.8. The molecule has 2 aliphatic rings. The van der Waals surface area contributed by atoms with Gasteiger partial charge in [0, 0.05) is 13.0 Å². The molecule has 2 amide bonds. The van der Waals surface area contributed by atoms with Gasteiger partial charge in [0.2, 0.25) is 5.91 Å². The zero-order valence-corrected chi connectivity index (χ0v) is 24.9. The van der Waals surface area contributed by atoms with Crippen molar-refractivity contribution in [1.82, 2.24) is 25.2 Å². The Morgan fingerprint density at radius 1 is 1.12 bits per heavy atom. The number of hydrogen-bond donors (Lipinski definition) is 2. The first-order valence-electron chi connectivity index (χ1n) is 14.8. The van der Waals surface area contributed by atoms with Gasteiger partial charge in [0.25, 0.3) is 0 Å². The fourth-order valence-corrected chi connectivity index (χ4v) is 6.46. The highest BCUT2D eigenvalue weighted by Gasteiger charge is 2.53. The molecule has 0 bridgehead atoms. The number of nitrogens with zero attached hydrogens (tertiary/aromatic N) is 3. The number of alkyl carbamates (subject to hydrolysis) is 1. The van der Waals surface area contributed by atoms with E-state index < -0.39 is 17.5 Å². The number of carbonyl (C=O) groups excluding carboxylic acids is 3. The number of piperidine rings is 1. The number of nitrogens with one attached hydrogen (secondary N) is 2. The Balaban J connectivity index is 1.40. The summed E-state index contributed by atoms with van der Waals surface area (Å²) in [6.07, 6.45) is 5.93. The van der Waals surface area contributed by atoms with Crippen LogP contribution in [0, 0.1) is 22.7 Å². The molecule has 2 fully saturated rings. The number of carbonyl (C=O) groups is 3. The van der Waals surface area contributed by atoms with Crippen LogP contribution in [0.15, 0.2) is 48.7 Å². The SMILES string of the molecule is COC(=O)C1(Cc2ccc3nc([C@@H](NC(=O)OCc4ccccc4)C4CCC(C)CC4)cn3n2)CC(C)(C)CNC1=O. The van der Waals surface area contributed by atoms with Gasteiger partial charge in [-0.25, -0.2) is 14.3 Å². The minimum Gasteiger partial charge on any atom is -0.468 e. The third-order valence-electron chi connectivity index (χ3n) is 8.73. The predicted molar refractivity (Wildman–Crippen MR) is 156 cm³/mol. The molecule has 1 aliphatic heterocycles. The van der Waals surface area contributed by atoms with E-state index in [0.717, 1.165) is 31.2 Å². The van der Waals surface area contributed by atoms with E-state index in [9.17, 15) is 14.4 Å². The van der Waals surface area contributed by atoms with Crippen molar-refractivity contribution in [1.29, 1.82) is 0 Å². The summed E-state index contributed by atoms with van der Waals surface area (Å²) >= 11 is 0. The normalized spacial score (nSPS) is 24.4. The molecular formula is C32H41N5O5. The molecule has 2 atom stereocenters. The summed E-state index contributed by atoms with van der Waals surface area (Å²) in [6.45, 7) is 6.98. The molecule has 0 spiro atoms. The highest BCUT2D eigenvalue weighted by atomic mass is 16.5. The molecule has 10 heteroatoms. The second kappa shape index (κ2) is 12.1. The Bertz CT molecular complexity index is 1420. The number of benzene rings is 1. The van der Waals surface area contributed by atoms with Crippen LogP contribution in [0.25, 0.3) is 5.65 Å². The lowest BCUT2D eigenvalue weighted by atomic mass is 9.67. The number of methoxy groups -OCH3 is 1. The third kappa shape index (κ3) is 6.42. The number of ether oxygens (including phenoxy) is 2. The summed E-state index contributed by atoms with van der Waals surface area (Å²) in [5, 5.41) is 10.7. The van der Waals surface area contributed by atoms with Crippen molar-refractivity contribution in [3.8, 4) is 0 Å². The predicted octanol–water partition coefficient (Wildman–Crippen LogP) is 4.77. The van der Waals surface area contributed by atoms with Crippen LogP contribution in [0.2, 0.25) is 0 Å². The van der Waals surface area contributed by atoms with Gasteiger partial charge < -0.3 is 20.1 Å². The Hall–Kier alpha value is -3.95. The van der Waals surface area contributed by atoms with Gasteiger partial charge in [-0.2, -0.15) is 5.10 Å². The zero-order chi connectivity index (χ0) is 29.9. The number of imidazole rings is 1. The first-order valence-corrected chi connectivity index (χ1v) is 14.8. The van der Waals surface area contributed by atoms with E-state index in [4.69, 9.17) is 19.6 Å². The monoisotopic (exact) mass is 575 g/mol. The molecule has 1 aromatic carbocycles. The first-order chi connectivity index (χ1) is 20.1. The molecule has 2 N–H and O–H groups in total. The van der Waals surface area contributed by atoms with Gasteiger partial charge in [-0.3, -0.25) is 9.59 Å². The van der Waals surface area contributed by atoms with Crippen LogP contribution in [-0.4, -0.2) is 46.2 Å². The largest absolute Gasteiger partial charge is 0.468 e. The average Bonchev–Trinajstić information content (AvgIpc) is 3.40. The molecule has 1 saturated heterocycles. The Kier molecular flexibility index (Phi) is 8.52. The maximum atomic E-state index is 13.1. The van der Waals surface area contributed by atoms with E-state index in [0.29, 0.717) is 35.9 Å². The number of esters is 1. The quantitative estimate of drug-likeness (QED) is 0.293. The Morgan fingerprint density at radius 2 is 1.86 bits per heavy atom. The van der Waals surface area contributed by atoms with Crippen molar-refractivity contribution in [2.24, 2.45) is 22.7 Å². The van der Waals surface area contributed by atoms with Crippen LogP contribution >= 0.6 is 0 Å². The Morgan fingerprint density at radius 3 is 2.57 bits per heavy atom. The van der Waals surface area contributed by atoms with Crippen LogP contribution in [0.5, 0.6) is 0 Å². The number of fused-ring (bicyclic) bond motifs is 1. The average molecular weight is 576 g/mol. The van der Waals surface area contributed by atoms with Crippen molar-refractivity contribution < 1.29 is 23.9 Å². The van der Waals surface area contributed by atoms with Crippen LogP contribution in [0.1, 0.15) is 75.9 Å². The lowest BCUT2D eigenvalue weighted by molar-refractivity contribution is -0.164. The number of rotatable bonds is 8. The van der Waals surface area contributed by atoms with E-state index >= 15 is 0 Å². The molecule has 2 aromatic heterocycles. The fourth-order valence-electron chi connectivity index (χ4n) is 6.46. The van der Waals surface area contributed by atoms with Crippen LogP contribution in [0.4, 0.5) is 4.79 Å². The molecule has 1 unspecified atom stereocenters. The molecule has 1 saturated carbocycles. The molecule has 224 valence electrons. The molecule has 5 rings (SSSR count). The molecule has 1 aliphatic carbocycles. The lowest BCUT2D eigenvalue weighted by Gasteiger charge is -2.41. The third-order valence-corrected chi connectivity index (χ3v) is 8.73. The summed E-state index contributed by atoms with van der Waals surface area (Å²) in [7, 11) is 1.31. The van der Waals surface area contributed by atoms with Gasteiger partial charge in [0.1, 0.15) is 6.61 Å². The van der Waals surface area contributed by atoms with Crippen molar-refractivity contribution in [2.45, 2.75) is 71.9 Å². The van der Waals surface area contributed by atoms with Gasteiger partial charge >= 0.3 is 12.1 Å². The molecule has 10 nitrogen and oxygen atoms in total. The van der Waals surface area contributed by atoms with Crippen molar-refractivity contribution >= 4 is 23.6 Å². The molecule has 0 radical (unpaired) electrons. The van der Waals surface area contributed by atoms with E-state index in [1.165, 1.54) is 7.11 Å². The maximum Gasteiger partial charge on any atom is 0.408 e. The highest BCUT2D eigenvalue weighted by Crippen LogP contribution is 2.41. The summed E-state index contributed by atoms with van der Waals surface area (Å²) in [5.74, 6) is -0.0376. The standard InChI is InChI=1S/C32H41N5O5/c1-21-10-12-23(13-11-21)27(35-30(40)42-18-22-8-6-5-7-9-22)25-17-37-26(34-25)15-14-24(36-37)16-32(29(39)41-4)19-31(2,3)20-33-28(32)38/h5-9,14-15,17,21,23,27H,10-13,16,18-20H2,1-4H3,(H,33,38)(H,35,40)/t21?,23?,27-,32?/m0/s1. The van der Waals surface area contributed by atoms with Crippen molar-refractivity contribution in [3.05, 3.63) is 65.6 Å².